The van der Waals surface area contributed by atoms with Crippen LogP contribution in [0.5, 0.6) is 0 Å². The van der Waals surface area contributed by atoms with Gasteiger partial charge in [-0.3, -0.25) is 0 Å². The lowest BCUT2D eigenvalue weighted by Gasteiger charge is -2.27. The van der Waals surface area contributed by atoms with Crippen molar-refractivity contribution in [2.75, 3.05) is 4.90 Å². The maximum atomic E-state index is 5.57. The number of aromatic nitrogens is 2. The van der Waals surface area contributed by atoms with E-state index < -0.39 is 0 Å². The third kappa shape index (κ3) is 5.32. The Morgan fingerprint density at radius 2 is 0.923 bits per heavy atom. The summed E-state index contributed by atoms with van der Waals surface area (Å²) in [5.41, 5.74) is 14.6. The van der Waals surface area contributed by atoms with Crippen molar-refractivity contribution in [3.63, 3.8) is 0 Å². The predicted molar refractivity (Wildman–Crippen MR) is 222 cm³/mol. The normalized spacial score (nSPS) is 12.4. The molecule has 0 saturated carbocycles. The van der Waals surface area contributed by atoms with Crippen LogP contribution < -0.4 is 4.90 Å². The minimum absolute atomic E-state index is 0.0799. The van der Waals surface area contributed by atoms with Gasteiger partial charge in [-0.15, -0.1) is 11.3 Å². The summed E-state index contributed by atoms with van der Waals surface area (Å²) in [4.78, 5) is 15.8. The molecule has 8 aromatic rings. The molecule has 0 aliphatic heterocycles. The zero-order valence-corrected chi connectivity index (χ0v) is 31.3. The molecule has 0 N–H and O–H groups in total. The van der Waals surface area contributed by atoms with Crippen LogP contribution in [0, 0.1) is 0 Å². The highest BCUT2D eigenvalue weighted by Crippen LogP contribution is 2.52. The highest BCUT2D eigenvalue weighted by Gasteiger charge is 2.30. The largest absolute Gasteiger partial charge is 0.310 e. The zero-order valence-electron chi connectivity index (χ0n) is 30.5. The molecule has 254 valence electrons. The maximum Gasteiger partial charge on any atom is 0.109 e. The molecule has 2 aromatic heterocycles. The van der Waals surface area contributed by atoms with Crippen LogP contribution in [0.15, 0.2) is 140 Å². The smallest absolute Gasteiger partial charge is 0.109 e. The molecule has 1 aliphatic carbocycles. The lowest BCUT2D eigenvalue weighted by atomic mass is 9.86. The molecule has 0 saturated heterocycles. The SMILES string of the molecule is CC(C)(C)c1ccc(-c2sc(-c3ccc(C(C)(C)C)cc3)c3nc4c(nc23)-c2cccc3c(N(c5ccccc5)c5ccccc5)ccc-4c23)cc1. The molecule has 2 heterocycles. The van der Waals surface area contributed by atoms with Crippen LogP contribution >= 0.6 is 11.3 Å². The van der Waals surface area contributed by atoms with Crippen LogP contribution in [0.3, 0.4) is 0 Å². The fourth-order valence-corrected chi connectivity index (χ4v) is 8.71. The Morgan fingerprint density at radius 3 is 1.38 bits per heavy atom. The van der Waals surface area contributed by atoms with Gasteiger partial charge in [0.25, 0.3) is 0 Å². The van der Waals surface area contributed by atoms with E-state index in [0.717, 1.165) is 60.4 Å². The number of nitrogens with zero attached hydrogens (tertiary/aromatic N) is 3. The summed E-state index contributed by atoms with van der Waals surface area (Å²) in [6.07, 6.45) is 0. The van der Waals surface area contributed by atoms with Gasteiger partial charge in [0, 0.05) is 33.3 Å². The molecule has 9 rings (SSSR count). The van der Waals surface area contributed by atoms with E-state index in [2.05, 4.69) is 186 Å². The Labute approximate surface area is 310 Å². The molecule has 0 radical (unpaired) electrons. The van der Waals surface area contributed by atoms with E-state index in [0.29, 0.717) is 0 Å². The minimum atomic E-state index is 0.0799. The average Bonchev–Trinajstić information content (AvgIpc) is 3.68. The monoisotopic (exact) mass is 691 g/mol. The van der Waals surface area contributed by atoms with E-state index in [9.17, 15) is 0 Å². The van der Waals surface area contributed by atoms with E-state index in [1.165, 1.54) is 33.0 Å². The van der Waals surface area contributed by atoms with Gasteiger partial charge in [0.2, 0.25) is 0 Å². The summed E-state index contributed by atoms with van der Waals surface area (Å²) in [6.45, 7) is 13.6. The predicted octanol–water partition coefficient (Wildman–Crippen LogP) is 13.9. The molecule has 0 amide bonds. The number of rotatable bonds is 5. The first-order valence-electron chi connectivity index (χ1n) is 18.1. The van der Waals surface area contributed by atoms with Crippen LogP contribution in [0.25, 0.3) is 65.2 Å². The topological polar surface area (TPSA) is 29.0 Å². The van der Waals surface area contributed by atoms with Gasteiger partial charge in [-0.1, -0.05) is 145 Å². The number of fused-ring (bicyclic) bond motifs is 4. The minimum Gasteiger partial charge on any atom is -0.310 e. The Hall–Kier alpha value is -5.58. The third-order valence-electron chi connectivity index (χ3n) is 10.4. The first kappa shape index (κ1) is 32.3. The second-order valence-electron chi connectivity index (χ2n) is 15.9. The molecule has 0 atom stereocenters. The van der Waals surface area contributed by atoms with Crippen molar-refractivity contribution in [3.05, 3.63) is 151 Å². The van der Waals surface area contributed by atoms with Gasteiger partial charge < -0.3 is 4.90 Å². The highest BCUT2D eigenvalue weighted by atomic mass is 32.1. The van der Waals surface area contributed by atoms with Crippen molar-refractivity contribution in [1.82, 2.24) is 9.97 Å². The van der Waals surface area contributed by atoms with Gasteiger partial charge in [-0.05, 0) is 69.5 Å². The third-order valence-corrected chi connectivity index (χ3v) is 11.6. The Balaban J connectivity index is 1.26. The fraction of sp³-hybridized carbons (Fsp3) is 0.167. The quantitative estimate of drug-likeness (QED) is 0.180. The van der Waals surface area contributed by atoms with Gasteiger partial charge in [-0.2, -0.15) is 0 Å². The lowest BCUT2D eigenvalue weighted by molar-refractivity contribution is 0.590. The number of benzene rings is 6. The number of anilines is 3. The molecular weight excluding hydrogens is 651 g/mol. The van der Waals surface area contributed by atoms with Crippen molar-refractivity contribution in [1.29, 1.82) is 0 Å². The van der Waals surface area contributed by atoms with Crippen molar-refractivity contribution >= 4 is 50.2 Å². The molecule has 4 heteroatoms. The van der Waals surface area contributed by atoms with E-state index in [4.69, 9.17) is 9.97 Å². The van der Waals surface area contributed by atoms with Gasteiger partial charge in [0.1, 0.15) is 11.0 Å². The second-order valence-corrected chi connectivity index (χ2v) is 16.9. The van der Waals surface area contributed by atoms with E-state index in [-0.39, 0.29) is 10.8 Å². The van der Waals surface area contributed by atoms with Crippen molar-refractivity contribution in [2.24, 2.45) is 0 Å². The molecule has 1 aliphatic rings. The van der Waals surface area contributed by atoms with Gasteiger partial charge in [0.05, 0.1) is 26.8 Å². The lowest BCUT2D eigenvalue weighted by Crippen LogP contribution is -2.10. The van der Waals surface area contributed by atoms with Crippen LogP contribution in [0.4, 0.5) is 17.1 Å². The molecule has 52 heavy (non-hydrogen) atoms. The standard InChI is InChI=1S/C48H41N3S/c1-47(2,3)32-24-20-30(21-25-32)45-43-44(46(52-45)31-22-26-33(27-23-31)48(4,5)6)50-42-38-28-29-39(36-18-13-19-37(40(36)38)41(42)49-43)51(34-14-9-7-10-15-34)35-16-11-8-12-17-35/h7-29H,1-6H3. The number of thiophene rings is 1. The van der Waals surface area contributed by atoms with Crippen molar-refractivity contribution in [2.45, 2.75) is 52.4 Å². The first-order chi connectivity index (χ1) is 25.1. The second kappa shape index (κ2) is 12.0. The summed E-state index contributed by atoms with van der Waals surface area (Å²) in [5.74, 6) is 0. The molecular formula is C48H41N3S. The summed E-state index contributed by atoms with van der Waals surface area (Å²) in [6, 6.07) is 50.5. The summed E-state index contributed by atoms with van der Waals surface area (Å²) < 4.78 is 0. The Morgan fingerprint density at radius 1 is 0.462 bits per heavy atom. The van der Waals surface area contributed by atoms with Crippen molar-refractivity contribution in [3.8, 4) is 43.4 Å². The molecule has 0 bridgehead atoms. The average molecular weight is 692 g/mol. The van der Waals surface area contributed by atoms with Gasteiger partial charge in [0.15, 0.2) is 0 Å². The number of hydrogen-bond acceptors (Lipinski definition) is 4. The zero-order chi connectivity index (χ0) is 35.8. The first-order valence-corrected chi connectivity index (χ1v) is 18.9. The summed E-state index contributed by atoms with van der Waals surface area (Å²) in [5, 5.41) is 2.39. The molecule has 3 nitrogen and oxygen atoms in total. The molecule has 0 fully saturated rings. The van der Waals surface area contributed by atoms with Crippen LogP contribution in [-0.4, -0.2) is 9.97 Å². The molecule has 6 aromatic carbocycles. The summed E-state index contributed by atoms with van der Waals surface area (Å²) in [7, 11) is 0. The van der Waals surface area contributed by atoms with Crippen molar-refractivity contribution < 1.29 is 0 Å². The van der Waals surface area contributed by atoms with Gasteiger partial charge >= 0.3 is 0 Å². The Bertz CT molecular complexity index is 2460. The van der Waals surface area contributed by atoms with E-state index in [1.54, 1.807) is 11.3 Å². The fourth-order valence-electron chi connectivity index (χ4n) is 7.52. The van der Waals surface area contributed by atoms with Crippen LogP contribution in [0.2, 0.25) is 0 Å². The van der Waals surface area contributed by atoms with E-state index in [1.807, 2.05) is 0 Å². The van der Waals surface area contributed by atoms with E-state index >= 15 is 0 Å². The molecule has 0 unspecified atom stereocenters. The molecule has 0 spiro atoms. The Kier molecular flexibility index (Phi) is 7.46. The highest BCUT2D eigenvalue weighted by molar-refractivity contribution is 7.20. The van der Waals surface area contributed by atoms with Gasteiger partial charge in [-0.25, -0.2) is 9.97 Å². The number of para-hydroxylation sites is 2. The van der Waals surface area contributed by atoms with Crippen LogP contribution in [-0.2, 0) is 10.8 Å². The maximum absolute atomic E-state index is 5.57. The summed E-state index contributed by atoms with van der Waals surface area (Å²) >= 11 is 1.80. The van der Waals surface area contributed by atoms with Crippen LogP contribution in [0.1, 0.15) is 52.7 Å². The number of hydrogen-bond donors (Lipinski definition) is 0.